The summed E-state index contributed by atoms with van der Waals surface area (Å²) in [5.74, 6) is 0.0812. The number of hydrogen-bond acceptors (Lipinski definition) is 3. The molecule has 0 spiro atoms. The highest BCUT2D eigenvalue weighted by molar-refractivity contribution is 14.1. The lowest BCUT2D eigenvalue weighted by molar-refractivity contribution is 0.0734. The number of halogens is 1. The summed E-state index contributed by atoms with van der Waals surface area (Å²) in [6.45, 7) is 0. The third kappa shape index (κ3) is 3.08. The van der Waals surface area contributed by atoms with E-state index in [0.717, 1.165) is 3.57 Å². The van der Waals surface area contributed by atoms with Crippen molar-refractivity contribution in [3.8, 4) is 11.8 Å². The van der Waals surface area contributed by atoms with Crippen LogP contribution in [0.25, 0.3) is 0 Å². The van der Waals surface area contributed by atoms with Gasteiger partial charge in [0.15, 0.2) is 0 Å². The van der Waals surface area contributed by atoms with Gasteiger partial charge in [0.05, 0.1) is 17.2 Å². The molecule has 88 valence electrons. The zero-order valence-electron chi connectivity index (χ0n) is 9.26. The Labute approximate surface area is 118 Å². The summed E-state index contributed by atoms with van der Waals surface area (Å²) in [5.41, 5.74) is 0.939. The molecule has 18 heavy (non-hydrogen) atoms. The molecule has 0 fully saturated rings. The Kier molecular flexibility index (Phi) is 3.95. The highest BCUT2D eigenvalue weighted by Crippen LogP contribution is 2.16. The lowest BCUT2D eigenvalue weighted by Gasteiger charge is -2.04. The predicted molar refractivity (Wildman–Crippen MR) is 75.3 cm³/mol. The maximum Gasteiger partial charge on any atom is 0.343 e. The Balaban J connectivity index is 2.14. The minimum Gasteiger partial charge on any atom is -0.423 e. The molecule has 0 saturated heterocycles. The summed E-state index contributed by atoms with van der Waals surface area (Å²) in [6.07, 6.45) is 0. The lowest BCUT2D eigenvalue weighted by atomic mass is 10.1. The fourth-order valence-electron chi connectivity index (χ4n) is 1.38. The maximum atomic E-state index is 11.8. The van der Waals surface area contributed by atoms with Crippen LogP contribution in [-0.4, -0.2) is 5.97 Å². The lowest BCUT2D eigenvalue weighted by Crippen LogP contribution is -2.08. The van der Waals surface area contributed by atoms with Crippen molar-refractivity contribution in [2.24, 2.45) is 0 Å². The molecule has 0 aliphatic heterocycles. The van der Waals surface area contributed by atoms with Crippen LogP contribution in [0.3, 0.4) is 0 Å². The Morgan fingerprint density at radius 3 is 2.50 bits per heavy atom. The number of carbonyl (C=O) groups excluding carboxylic acids is 1. The van der Waals surface area contributed by atoms with Gasteiger partial charge in [0.25, 0.3) is 0 Å². The summed E-state index contributed by atoms with van der Waals surface area (Å²) < 4.78 is 6.23. The number of rotatable bonds is 2. The van der Waals surface area contributed by atoms with Gasteiger partial charge in [0.1, 0.15) is 5.75 Å². The van der Waals surface area contributed by atoms with Crippen molar-refractivity contribution in [2.45, 2.75) is 0 Å². The molecular weight excluding hydrogens is 341 g/mol. The minimum atomic E-state index is -0.429. The molecule has 0 N–H and O–H groups in total. The molecule has 0 aliphatic carbocycles. The van der Waals surface area contributed by atoms with Crippen LogP contribution in [0, 0.1) is 14.9 Å². The van der Waals surface area contributed by atoms with E-state index in [-0.39, 0.29) is 0 Å². The average Bonchev–Trinajstić information content (AvgIpc) is 2.39. The summed E-state index contributed by atoms with van der Waals surface area (Å²) in [6, 6.07) is 15.6. The van der Waals surface area contributed by atoms with Crippen molar-refractivity contribution >= 4 is 28.6 Å². The molecule has 0 radical (unpaired) electrons. The first kappa shape index (κ1) is 12.6. The van der Waals surface area contributed by atoms with Crippen molar-refractivity contribution in [1.82, 2.24) is 0 Å². The van der Waals surface area contributed by atoms with E-state index in [9.17, 15) is 4.79 Å². The summed E-state index contributed by atoms with van der Waals surface area (Å²) in [4.78, 5) is 11.8. The van der Waals surface area contributed by atoms with E-state index in [0.29, 0.717) is 16.9 Å². The highest BCUT2D eigenvalue weighted by Gasteiger charge is 2.08. The first-order chi connectivity index (χ1) is 8.69. The second-order valence-electron chi connectivity index (χ2n) is 3.54. The number of nitrogens with zero attached hydrogens (tertiary/aromatic N) is 1. The standard InChI is InChI=1S/C14H8INO2/c15-12-2-1-3-13(8-12)18-14(17)11-6-4-10(9-16)5-7-11/h1-8H. The van der Waals surface area contributed by atoms with E-state index in [1.165, 1.54) is 0 Å². The highest BCUT2D eigenvalue weighted by atomic mass is 127. The van der Waals surface area contributed by atoms with Gasteiger partial charge >= 0.3 is 5.97 Å². The van der Waals surface area contributed by atoms with Crippen molar-refractivity contribution in [3.63, 3.8) is 0 Å². The molecule has 0 bridgehead atoms. The van der Waals surface area contributed by atoms with Gasteiger partial charge in [-0.25, -0.2) is 4.79 Å². The molecule has 0 amide bonds. The van der Waals surface area contributed by atoms with Crippen LogP contribution < -0.4 is 4.74 Å². The van der Waals surface area contributed by atoms with Crippen molar-refractivity contribution in [2.75, 3.05) is 0 Å². The molecule has 4 heteroatoms. The minimum absolute atomic E-state index is 0.424. The summed E-state index contributed by atoms with van der Waals surface area (Å²) >= 11 is 2.15. The zero-order valence-corrected chi connectivity index (χ0v) is 11.4. The van der Waals surface area contributed by atoms with Crippen LogP contribution in [0.15, 0.2) is 48.5 Å². The van der Waals surface area contributed by atoms with E-state index in [1.54, 1.807) is 36.4 Å². The maximum absolute atomic E-state index is 11.8. The van der Waals surface area contributed by atoms with E-state index in [2.05, 4.69) is 22.6 Å². The monoisotopic (exact) mass is 349 g/mol. The Morgan fingerprint density at radius 2 is 1.89 bits per heavy atom. The molecule has 2 aromatic carbocycles. The Hall–Kier alpha value is -1.87. The molecule has 2 aromatic rings. The van der Waals surface area contributed by atoms with E-state index in [4.69, 9.17) is 10.00 Å². The van der Waals surface area contributed by atoms with E-state index >= 15 is 0 Å². The smallest absolute Gasteiger partial charge is 0.343 e. The fraction of sp³-hybridized carbons (Fsp3) is 0. The molecule has 0 unspecified atom stereocenters. The van der Waals surface area contributed by atoms with Gasteiger partial charge in [0.2, 0.25) is 0 Å². The SMILES string of the molecule is N#Cc1ccc(C(=O)Oc2cccc(I)c2)cc1. The zero-order chi connectivity index (χ0) is 13.0. The van der Waals surface area contributed by atoms with Crippen LogP contribution in [0.1, 0.15) is 15.9 Å². The number of benzene rings is 2. The normalized spacial score (nSPS) is 9.56. The Bertz CT molecular complexity index is 614. The topological polar surface area (TPSA) is 50.1 Å². The third-order valence-corrected chi connectivity index (χ3v) is 2.93. The number of esters is 1. The molecule has 0 heterocycles. The van der Waals surface area contributed by atoms with Crippen molar-refractivity contribution in [1.29, 1.82) is 5.26 Å². The van der Waals surface area contributed by atoms with Gasteiger partial charge in [-0.2, -0.15) is 5.26 Å². The van der Waals surface area contributed by atoms with Gasteiger partial charge in [0, 0.05) is 3.57 Å². The molecule has 2 rings (SSSR count). The number of ether oxygens (including phenoxy) is 1. The van der Waals surface area contributed by atoms with Gasteiger partial charge in [-0.1, -0.05) is 6.07 Å². The predicted octanol–water partition coefficient (Wildman–Crippen LogP) is 3.38. The van der Waals surface area contributed by atoms with Gasteiger partial charge in [-0.3, -0.25) is 0 Å². The molecule has 3 nitrogen and oxygen atoms in total. The summed E-state index contributed by atoms with van der Waals surface area (Å²) in [7, 11) is 0. The second-order valence-corrected chi connectivity index (χ2v) is 4.78. The number of hydrogen-bond donors (Lipinski definition) is 0. The number of carbonyl (C=O) groups is 1. The molecule has 0 atom stereocenters. The largest absolute Gasteiger partial charge is 0.423 e. The van der Waals surface area contributed by atoms with Crippen LogP contribution >= 0.6 is 22.6 Å². The van der Waals surface area contributed by atoms with Gasteiger partial charge in [-0.05, 0) is 65.1 Å². The number of nitriles is 1. The van der Waals surface area contributed by atoms with E-state index < -0.39 is 5.97 Å². The van der Waals surface area contributed by atoms with E-state index in [1.807, 2.05) is 18.2 Å². The first-order valence-corrected chi connectivity index (χ1v) is 6.25. The Morgan fingerprint density at radius 1 is 1.17 bits per heavy atom. The van der Waals surface area contributed by atoms with Crippen LogP contribution in [0.2, 0.25) is 0 Å². The van der Waals surface area contributed by atoms with Crippen LogP contribution in [0.4, 0.5) is 0 Å². The quantitative estimate of drug-likeness (QED) is 0.475. The van der Waals surface area contributed by atoms with Crippen molar-refractivity contribution < 1.29 is 9.53 Å². The van der Waals surface area contributed by atoms with Gasteiger partial charge < -0.3 is 4.74 Å². The second kappa shape index (κ2) is 5.65. The summed E-state index contributed by atoms with van der Waals surface area (Å²) in [5, 5.41) is 8.67. The average molecular weight is 349 g/mol. The molecule has 0 aromatic heterocycles. The fourth-order valence-corrected chi connectivity index (χ4v) is 1.89. The van der Waals surface area contributed by atoms with Crippen molar-refractivity contribution in [3.05, 3.63) is 63.2 Å². The molecule has 0 aliphatic rings. The third-order valence-electron chi connectivity index (χ3n) is 2.26. The van der Waals surface area contributed by atoms with Gasteiger partial charge in [-0.15, -0.1) is 0 Å². The van der Waals surface area contributed by atoms with Crippen LogP contribution in [-0.2, 0) is 0 Å². The van der Waals surface area contributed by atoms with Crippen LogP contribution in [0.5, 0.6) is 5.75 Å². The molecule has 0 saturated carbocycles. The molecular formula is C14H8INO2. The first-order valence-electron chi connectivity index (χ1n) is 5.17.